The molecule has 3 aliphatic rings. The summed E-state index contributed by atoms with van der Waals surface area (Å²) in [4.78, 5) is 32.0. The van der Waals surface area contributed by atoms with Crippen molar-refractivity contribution in [2.75, 3.05) is 4.90 Å². The summed E-state index contributed by atoms with van der Waals surface area (Å²) in [6.07, 6.45) is 12.2. The van der Waals surface area contributed by atoms with Crippen molar-refractivity contribution in [1.29, 1.82) is 0 Å². The van der Waals surface area contributed by atoms with E-state index in [0.717, 1.165) is 42.5 Å². The predicted molar refractivity (Wildman–Crippen MR) is 148 cm³/mol. The molecule has 1 aliphatic heterocycles. The Morgan fingerprint density at radius 1 is 0.919 bits per heavy atom. The van der Waals surface area contributed by atoms with Crippen molar-refractivity contribution in [1.82, 2.24) is 4.90 Å². The summed E-state index contributed by atoms with van der Waals surface area (Å²) in [6, 6.07) is 13.3. The second-order valence-electron chi connectivity index (χ2n) is 11.2. The standard InChI is InChI=1S/C31H39ClN2O3/c1-21-27(19-30(36)34(25-8-4-2-5-9-25)26-10-6-3-7-11-26)28-18-22(20-35)12-17-29(28)33(21)31(37)23-13-15-24(32)16-14-23/h12-18,21,25-27,35H,2-11,19-20H2,1H3. The Morgan fingerprint density at radius 2 is 1.51 bits per heavy atom. The zero-order chi connectivity index (χ0) is 25.9. The monoisotopic (exact) mass is 522 g/mol. The van der Waals surface area contributed by atoms with Crippen LogP contribution in [0, 0.1) is 0 Å². The van der Waals surface area contributed by atoms with Crippen LogP contribution in [-0.4, -0.2) is 39.9 Å². The van der Waals surface area contributed by atoms with E-state index >= 15 is 0 Å². The molecule has 2 unspecified atom stereocenters. The van der Waals surface area contributed by atoms with Gasteiger partial charge in [0.25, 0.3) is 5.91 Å². The van der Waals surface area contributed by atoms with Crippen LogP contribution in [0.2, 0.25) is 5.02 Å². The molecule has 2 fully saturated rings. The highest BCUT2D eigenvalue weighted by Gasteiger charge is 2.42. The first-order valence-electron chi connectivity index (χ1n) is 14.1. The number of hydrogen-bond acceptors (Lipinski definition) is 3. The molecule has 1 N–H and O–H groups in total. The molecule has 0 bridgehead atoms. The minimum absolute atomic E-state index is 0.0657. The zero-order valence-electron chi connectivity index (χ0n) is 21.9. The predicted octanol–water partition coefficient (Wildman–Crippen LogP) is 6.85. The van der Waals surface area contributed by atoms with E-state index in [9.17, 15) is 14.7 Å². The van der Waals surface area contributed by atoms with Gasteiger partial charge in [0.15, 0.2) is 0 Å². The number of aliphatic hydroxyl groups excluding tert-OH is 1. The molecule has 0 spiro atoms. The molecule has 198 valence electrons. The fourth-order valence-electron chi connectivity index (χ4n) is 6.90. The summed E-state index contributed by atoms with van der Waals surface area (Å²) >= 11 is 6.07. The normalized spacial score (nSPS) is 22.6. The number of nitrogens with zero attached hydrogens (tertiary/aromatic N) is 2. The molecule has 5 nitrogen and oxygen atoms in total. The van der Waals surface area contributed by atoms with Crippen LogP contribution in [0.4, 0.5) is 5.69 Å². The molecular formula is C31H39ClN2O3. The third-order valence-corrected chi connectivity index (χ3v) is 9.10. The summed E-state index contributed by atoms with van der Waals surface area (Å²) in [5, 5.41) is 10.4. The van der Waals surface area contributed by atoms with Gasteiger partial charge in [-0.3, -0.25) is 9.59 Å². The molecule has 2 amide bonds. The van der Waals surface area contributed by atoms with Gasteiger partial charge in [0.05, 0.1) is 6.61 Å². The number of benzene rings is 2. The number of carbonyl (C=O) groups is 2. The van der Waals surface area contributed by atoms with Crippen LogP contribution >= 0.6 is 11.6 Å². The van der Waals surface area contributed by atoms with E-state index in [1.807, 2.05) is 23.1 Å². The summed E-state index contributed by atoms with van der Waals surface area (Å²) < 4.78 is 0. The lowest BCUT2D eigenvalue weighted by Gasteiger charge is -2.42. The molecule has 37 heavy (non-hydrogen) atoms. The highest BCUT2D eigenvalue weighted by Crippen LogP contribution is 2.45. The van der Waals surface area contributed by atoms with Crippen LogP contribution < -0.4 is 4.90 Å². The molecule has 2 aliphatic carbocycles. The van der Waals surface area contributed by atoms with Gasteiger partial charge < -0.3 is 14.9 Å². The SMILES string of the molecule is CC1C(CC(=O)N(C2CCCCC2)C2CCCCC2)c2cc(CO)ccc2N1C(=O)c1ccc(Cl)cc1. The summed E-state index contributed by atoms with van der Waals surface area (Å²) in [5.41, 5.74) is 3.21. The van der Waals surface area contributed by atoms with E-state index in [1.165, 1.54) is 38.5 Å². The van der Waals surface area contributed by atoms with Gasteiger partial charge in [-0.25, -0.2) is 0 Å². The quantitative estimate of drug-likeness (QED) is 0.451. The maximum Gasteiger partial charge on any atom is 0.258 e. The first kappa shape index (κ1) is 26.2. The molecule has 5 rings (SSSR count). The molecule has 2 aromatic carbocycles. The van der Waals surface area contributed by atoms with Gasteiger partial charge in [0.2, 0.25) is 5.91 Å². The van der Waals surface area contributed by atoms with Gasteiger partial charge >= 0.3 is 0 Å². The number of carbonyl (C=O) groups excluding carboxylic acids is 2. The minimum atomic E-state index is -0.171. The number of amides is 2. The lowest BCUT2D eigenvalue weighted by molar-refractivity contribution is -0.138. The second-order valence-corrected chi connectivity index (χ2v) is 11.6. The fourth-order valence-corrected chi connectivity index (χ4v) is 7.03. The van der Waals surface area contributed by atoms with Crippen LogP contribution in [-0.2, 0) is 11.4 Å². The van der Waals surface area contributed by atoms with E-state index in [1.54, 1.807) is 24.3 Å². The molecule has 2 atom stereocenters. The molecule has 0 saturated heterocycles. The zero-order valence-corrected chi connectivity index (χ0v) is 22.6. The van der Waals surface area contributed by atoms with Gasteiger partial charge in [-0.2, -0.15) is 0 Å². The Morgan fingerprint density at radius 3 is 2.08 bits per heavy atom. The smallest absolute Gasteiger partial charge is 0.258 e. The molecule has 6 heteroatoms. The average Bonchev–Trinajstić information content (AvgIpc) is 3.20. The van der Waals surface area contributed by atoms with E-state index in [2.05, 4.69) is 11.8 Å². The Labute approximate surface area is 225 Å². The number of aliphatic hydroxyl groups is 1. The lowest BCUT2D eigenvalue weighted by Crippen LogP contribution is -2.49. The van der Waals surface area contributed by atoms with Crippen LogP contribution in [0.25, 0.3) is 0 Å². The van der Waals surface area contributed by atoms with Crippen LogP contribution in [0.15, 0.2) is 42.5 Å². The van der Waals surface area contributed by atoms with Gasteiger partial charge in [0, 0.05) is 46.7 Å². The Bertz CT molecular complexity index is 1090. The van der Waals surface area contributed by atoms with Crippen molar-refractivity contribution in [3.05, 3.63) is 64.2 Å². The van der Waals surface area contributed by atoms with Crippen molar-refractivity contribution >= 4 is 29.1 Å². The number of rotatable bonds is 6. The molecular weight excluding hydrogens is 484 g/mol. The van der Waals surface area contributed by atoms with Gasteiger partial charge in [0.1, 0.15) is 0 Å². The number of fused-ring (bicyclic) bond motifs is 1. The highest BCUT2D eigenvalue weighted by atomic mass is 35.5. The average molecular weight is 523 g/mol. The van der Waals surface area contributed by atoms with E-state index in [-0.39, 0.29) is 30.4 Å². The topological polar surface area (TPSA) is 60.9 Å². The number of hydrogen-bond donors (Lipinski definition) is 1. The van der Waals surface area contributed by atoms with Crippen molar-refractivity contribution in [2.24, 2.45) is 0 Å². The first-order chi connectivity index (χ1) is 18.0. The Hall–Kier alpha value is -2.37. The van der Waals surface area contributed by atoms with Crippen molar-refractivity contribution in [3.8, 4) is 0 Å². The lowest BCUT2D eigenvalue weighted by atomic mass is 9.86. The molecule has 1 heterocycles. The van der Waals surface area contributed by atoms with Crippen LogP contribution in [0.5, 0.6) is 0 Å². The van der Waals surface area contributed by atoms with Gasteiger partial charge in [-0.1, -0.05) is 62.3 Å². The maximum atomic E-state index is 14.1. The number of halogens is 1. The third kappa shape index (κ3) is 5.44. The van der Waals surface area contributed by atoms with Crippen molar-refractivity contribution < 1.29 is 14.7 Å². The van der Waals surface area contributed by atoms with Gasteiger partial charge in [-0.15, -0.1) is 0 Å². The molecule has 2 saturated carbocycles. The Kier molecular flexibility index (Phi) is 8.21. The third-order valence-electron chi connectivity index (χ3n) is 8.85. The highest BCUT2D eigenvalue weighted by molar-refractivity contribution is 6.30. The molecule has 2 aromatic rings. The second kappa shape index (κ2) is 11.6. The van der Waals surface area contributed by atoms with E-state index in [0.29, 0.717) is 29.1 Å². The first-order valence-corrected chi connectivity index (χ1v) is 14.5. The molecule has 0 aromatic heterocycles. The summed E-state index contributed by atoms with van der Waals surface area (Å²) in [6.45, 7) is 1.99. The van der Waals surface area contributed by atoms with Crippen LogP contribution in [0.1, 0.15) is 105 Å². The Balaban J connectivity index is 1.45. The molecule has 0 radical (unpaired) electrons. The number of anilines is 1. The summed E-state index contributed by atoms with van der Waals surface area (Å²) in [5.74, 6) is 0.0326. The van der Waals surface area contributed by atoms with E-state index in [4.69, 9.17) is 11.6 Å². The maximum absolute atomic E-state index is 14.1. The van der Waals surface area contributed by atoms with Crippen molar-refractivity contribution in [2.45, 2.75) is 108 Å². The minimum Gasteiger partial charge on any atom is -0.392 e. The van der Waals surface area contributed by atoms with E-state index < -0.39 is 0 Å². The van der Waals surface area contributed by atoms with Crippen LogP contribution in [0.3, 0.4) is 0 Å². The fraction of sp³-hybridized carbons (Fsp3) is 0.548. The largest absolute Gasteiger partial charge is 0.392 e. The summed E-state index contributed by atoms with van der Waals surface area (Å²) in [7, 11) is 0. The van der Waals surface area contributed by atoms with Crippen molar-refractivity contribution in [3.63, 3.8) is 0 Å². The van der Waals surface area contributed by atoms with Gasteiger partial charge in [-0.05, 0) is 74.1 Å².